The van der Waals surface area contributed by atoms with E-state index in [1.165, 1.54) is 17.3 Å². The van der Waals surface area contributed by atoms with Crippen LogP contribution in [0.4, 0.5) is 0 Å². The van der Waals surface area contributed by atoms with Gasteiger partial charge in [-0.25, -0.2) is 0 Å². The van der Waals surface area contributed by atoms with Crippen LogP contribution in [0.1, 0.15) is 51.5 Å². The van der Waals surface area contributed by atoms with E-state index >= 15 is 0 Å². The van der Waals surface area contributed by atoms with Crippen LogP contribution in [0, 0.1) is 0 Å². The molecule has 1 N–H and O–H groups in total. The van der Waals surface area contributed by atoms with Crippen LogP contribution in [-0.2, 0) is 11.2 Å². The van der Waals surface area contributed by atoms with E-state index in [-0.39, 0.29) is 17.2 Å². The highest BCUT2D eigenvalue weighted by Gasteiger charge is 2.20. The van der Waals surface area contributed by atoms with Gasteiger partial charge in [0, 0.05) is 12.5 Å². The van der Waals surface area contributed by atoms with E-state index in [9.17, 15) is 4.79 Å². The third kappa shape index (κ3) is 5.37. The fourth-order valence-corrected chi connectivity index (χ4v) is 2.91. The van der Waals surface area contributed by atoms with Crippen LogP contribution in [0.15, 0.2) is 40.0 Å². The van der Waals surface area contributed by atoms with Gasteiger partial charge in [0.2, 0.25) is 11.8 Å². The van der Waals surface area contributed by atoms with Gasteiger partial charge in [0.15, 0.2) is 0 Å². The summed E-state index contributed by atoms with van der Waals surface area (Å²) in [5.41, 5.74) is 1.24. The summed E-state index contributed by atoms with van der Waals surface area (Å²) in [7, 11) is 0. The van der Waals surface area contributed by atoms with E-state index in [0.717, 1.165) is 6.42 Å². The van der Waals surface area contributed by atoms with E-state index in [4.69, 9.17) is 4.42 Å². The molecule has 0 fully saturated rings. The van der Waals surface area contributed by atoms with Crippen molar-refractivity contribution >= 4 is 17.7 Å². The van der Waals surface area contributed by atoms with Crippen molar-refractivity contribution in [2.75, 3.05) is 0 Å². The maximum atomic E-state index is 12.1. The average Bonchev–Trinajstić information content (AvgIpc) is 3.02. The first kappa shape index (κ1) is 18.5. The molecule has 1 heterocycles. The largest absolute Gasteiger partial charge is 0.416 e. The van der Waals surface area contributed by atoms with Crippen molar-refractivity contribution in [3.63, 3.8) is 0 Å². The molecule has 130 valence electrons. The van der Waals surface area contributed by atoms with Crippen molar-refractivity contribution in [3.05, 3.63) is 41.8 Å². The number of aromatic nitrogens is 2. The molecule has 0 spiro atoms. The van der Waals surface area contributed by atoms with Crippen molar-refractivity contribution in [3.8, 4) is 0 Å². The zero-order valence-electron chi connectivity index (χ0n) is 14.7. The van der Waals surface area contributed by atoms with Crippen molar-refractivity contribution in [2.24, 2.45) is 0 Å². The molecule has 1 aromatic heterocycles. The lowest BCUT2D eigenvalue weighted by Crippen LogP contribution is -2.37. The topological polar surface area (TPSA) is 68.0 Å². The Hall–Kier alpha value is -1.82. The Labute approximate surface area is 147 Å². The van der Waals surface area contributed by atoms with Gasteiger partial charge in [-0.15, -0.1) is 10.2 Å². The minimum absolute atomic E-state index is 0.00764. The maximum absolute atomic E-state index is 12.1. The number of hydrogen-bond donors (Lipinski definition) is 1. The van der Waals surface area contributed by atoms with E-state index in [1.54, 1.807) is 0 Å². The number of nitrogens with one attached hydrogen (secondary N) is 1. The summed E-state index contributed by atoms with van der Waals surface area (Å²) in [6.45, 7) is 8.01. The molecule has 0 aliphatic heterocycles. The molecule has 6 heteroatoms. The molecule has 5 nitrogen and oxygen atoms in total. The second kappa shape index (κ2) is 8.87. The van der Waals surface area contributed by atoms with Gasteiger partial charge in [0.1, 0.15) is 0 Å². The smallest absolute Gasteiger partial charge is 0.277 e. The molecule has 3 unspecified atom stereocenters. The van der Waals surface area contributed by atoms with Crippen molar-refractivity contribution in [1.29, 1.82) is 0 Å². The minimum atomic E-state index is -0.265. The van der Waals surface area contributed by atoms with Crippen LogP contribution in [0.25, 0.3) is 0 Å². The normalized spacial score (nSPS) is 14.8. The van der Waals surface area contributed by atoms with Gasteiger partial charge in [-0.05, 0) is 31.7 Å². The molecule has 1 aromatic carbocycles. The predicted octanol–water partition coefficient (Wildman–Crippen LogP) is 3.81. The molecule has 3 atom stereocenters. The summed E-state index contributed by atoms with van der Waals surface area (Å²) in [6, 6.07) is 10.4. The lowest BCUT2D eigenvalue weighted by atomic mass is 9.98. The SMILES string of the molecule is CCC(C)NC(=O)C(C)Sc1nnc(CC(C)c2ccccc2)o1. The zero-order chi connectivity index (χ0) is 17.5. The van der Waals surface area contributed by atoms with Gasteiger partial charge < -0.3 is 9.73 Å². The second-order valence-electron chi connectivity index (χ2n) is 6.06. The lowest BCUT2D eigenvalue weighted by Gasteiger charge is -2.14. The number of rotatable bonds is 8. The fraction of sp³-hybridized carbons (Fsp3) is 0.500. The van der Waals surface area contributed by atoms with Crippen LogP contribution in [-0.4, -0.2) is 27.4 Å². The number of nitrogens with zero attached hydrogens (tertiary/aromatic N) is 2. The molecule has 24 heavy (non-hydrogen) atoms. The molecule has 0 saturated heterocycles. The standard InChI is InChI=1S/C18H25N3O2S/c1-5-13(3)19-17(22)14(4)24-18-21-20-16(23-18)11-12(2)15-9-7-6-8-10-15/h6-10,12-14H,5,11H2,1-4H3,(H,19,22). The van der Waals surface area contributed by atoms with Gasteiger partial charge in [-0.2, -0.15) is 0 Å². The molecule has 2 aromatic rings. The summed E-state index contributed by atoms with van der Waals surface area (Å²) < 4.78 is 5.69. The number of amides is 1. The van der Waals surface area contributed by atoms with Crippen LogP contribution in [0.3, 0.4) is 0 Å². The van der Waals surface area contributed by atoms with Gasteiger partial charge in [-0.1, -0.05) is 55.9 Å². The van der Waals surface area contributed by atoms with Crippen molar-refractivity contribution in [2.45, 2.75) is 63.0 Å². The van der Waals surface area contributed by atoms with E-state index in [0.29, 0.717) is 23.5 Å². The minimum Gasteiger partial charge on any atom is -0.416 e. The van der Waals surface area contributed by atoms with Gasteiger partial charge in [0.05, 0.1) is 5.25 Å². The fourth-order valence-electron chi connectivity index (χ4n) is 2.20. The van der Waals surface area contributed by atoms with E-state index in [2.05, 4.69) is 34.6 Å². The van der Waals surface area contributed by atoms with Crippen LogP contribution < -0.4 is 5.32 Å². The third-order valence-electron chi connectivity index (χ3n) is 3.95. The molecule has 1 amide bonds. The Morgan fingerprint density at radius 3 is 2.58 bits per heavy atom. The van der Waals surface area contributed by atoms with E-state index in [1.807, 2.05) is 39.0 Å². The number of benzene rings is 1. The Morgan fingerprint density at radius 1 is 1.21 bits per heavy atom. The van der Waals surface area contributed by atoms with Crippen LogP contribution >= 0.6 is 11.8 Å². The summed E-state index contributed by atoms with van der Waals surface area (Å²) >= 11 is 1.30. The second-order valence-corrected chi connectivity index (χ2v) is 7.35. The Balaban J connectivity index is 1.90. The molecule has 0 radical (unpaired) electrons. The summed E-state index contributed by atoms with van der Waals surface area (Å²) in [5.74, 6) is 0.894. The first-order valence-electron chi connectivity index (χ1n) is 8.34. The summed E-state index contributed by atoms with van der Waals surface area (Å²) in [4.78, 5) is 12.1. The molecule has 0 saturated carbocycles. The van der Waals surface area contributed by atoms with Crippen LogP contribution in [0.2, 0.25) is 0 Å². The molecular formula is C18H25N3O2S. The van der Waals surface area contributed by atoms with Crippen molar-refractivity contribution in [1.82, 2.24) is 15.5 Å². The highest BCUT2D eigenvalue weighted by Crippen LogP contribution is 2.25. The van der Waals surface area contributed by atoms with Crippen molar-refractivity contribution < 1.29 is 9.21 Å². The lowest BCUT2D eigenvalue weighted by molar-refractivity contribution is -0.120. The Bertz CT molecular complexity index is 645. The van der Waals surface area contributed by atoms with Gasteiger partial charge in [0.25, 0.3) is 5.22 Å². The first-order valence-corrected chi connectivity index (χ1v) is 9.21. The number of carbonyl (C=O) groups is 1. The van der Waals surface area contributed by atoms with E-state index < -0.39 is 0 Å². The average molecular weight is 347 g/mol. The summed E-state index contributed by atoms with van der Waals surface area (Å²) in [5, 5.41) is 11.3. The summed E-state index contributed by atoms with van der Waals surface area (Å²) in [6.07, 6.45) is 1.59. The highest BCUT2D eigenvalue weighted by atomic mass is 32.2. The molecule has 0 bridgehead atoms. The van der Waals surface area contributed by atoms with Gasteiger partial charge in [-0.3, -0.25) is 4.79 Å². The third-order valence-corrected chi connectivity index (χ3v) is 4.88. The van der Waals surface area contributed by atoms with Crippen LogP contribution in [0.5, 0.6) is 0 Å². The first-order chi connectivity index (χ1) is 11.5. The number of carbonyl (C=O) groups excluding carboxylic acids is 1. The molecule has 2 rings (SSSR count). The highest BCUT2D eigenvalue weighted by molar-refractivity contribution is 8.00. The van der Waals surface area contributed by atoms with Gasteiger partial charge >= 0.3 is 0 Å². The predicted molar refractivity (Wildman–Crippen MR) is 96.1 cm³/mol. The molecular weight excluding hydrogens is 322 g/mol. The quantitative estimate of drug-likeness (QED) is 0.735. The Kier molecular flexibility index (Phi) is 6.85. The number of hydrogen-bond acceptors (Lipinski definition) is 5. The number of thioether (sulfide) groups is 1. The monoisotopic (exact) mass is 347 g/mol. The molecule has 0 aliphatic rings. The Morgan fingerprint density at radius 2 is 1.92 bits per heavy atom. The maximum Gasteiger partial charge on any atom is 0.277 e. The zero-order valence-corrected chi connectivity index (χ0v) is 15.5. The molecule has 0 aliphatic carbocycles.